The van der Waals surface area contributed by atoms with Crippen LogP contribution in [0.5, 0.6) is 0 Å². The number of aryl methyl sites for hydroxylation is 6. The van der Waals surface area contributed by atoms with Crippen LogP contribution in [-0.2, 0) is 21.7 Å². The molecule has 2 aliphatic rings. The van der Waals surface area contributed by atoms with Gasteiger partial charge in [-0.3, -0.25) is 0 Å². The Morgan fingerprint density at radius 2 is 0.895 bits per heavy atom. The van der Waals surface area contributed by atoms with Gasteiger partial charge in [0.25, 0.3) is 0 Å². The first-order chi connectivity index (χ1) is 16.3. The van der Waals surface area contributed by atoms with Gasteiger partial charge >= 0.3 is 21.7 Å². The summed E-state index contributed by atoms with van der Waals surface area (Å²) in [7, 11) is -2.43. The molecule has 1 saturated carbocycles. The Kier molecular flexibility index (Phi) is 12.9. The van der Waals surface area contributed by atoms with Crippen molar-refractivity contribution in [3.05, 3.63) is 119 Å². The van der Waals surface area contributed by atoms with Gasteiger partial charge in [0.1, 0.15) is 8.07 Å². The molecular weight excluding hydrogens is 579 g/mol. The monoisotopic (exact) mass is 614 g/mol. The molecule has 0 nitrogen and oxygen atoms in total. The van der Waals surface area contributed by atoms with E-state index >= 15 is 0 Å². The molecule has 3 aromatic carbocycles. The normalized spacial score (nSPS) is 19.4. The summed E-state index contributed by atoms with van der Waals surface area (Å²) in [6.07, 6.45) is 13.4. The maximum Gasteiger partial charge on any atom is 4.00 e. The molecule has 0 radical (unpaired) electrons. The van der Waals surface area contributed by atoms with Crippen LogP contribution in [0.4, 0.5) is 0 Å². The predicted molar refractivity (Wildman–Crippen MR) is 150 cm³/mol. The minimum Gasteiger partial charge on any atom is -1.00 e. The standard InChI is InChI=1S/C33H37Si.3ClH.Ti/c1-22-13-23(2)17-29(16-22)34(30-18-24(3)14-25(4)19-30,31-20-26(5)15-27(6)21-31)33-12-11-28-9-7-8-10-32(28)33;;;;/h7-10,12-21,28,32-33H,11H2,1-6H3;3*1H;/q-1;;;;+4/p-3. The SMILES string of the molecule is Cc1cc(C)cc([Si](c2cc(C)cc(C)c2)(c2cc(C)cc(C)c2)C2[CH-]CC3C=CC=CC32)c1.[Cl-].[Cl-].[Cl-].[Ti+4]. The van der Waals surface area contributed by atoms with E-state index in [2.05, 4.69) is 127 Å². The fourth-order valence-electron chi connectivity index (χ4n) is 6.90. The summed E-state index contributed by atoms with van der Waals surface area (Å²) in [4.78, 5) is 0. The van der Waals surface area contributed by atoms with Crippen LogP contribution in [0.3, 0.4) is 0 Å². The molecule has 0 heterocycles. The van der Waals surface area contributed by atoms with E-state index in [0.717, 1.165) is 0 Å². The number of halogens is 3. The average Bonchev–Trinajstić information content (AvgIpc) is 3.17. The van der Waals surface area contributed by atoms with Crippen molar-refractivity contribution in [1.82, 2.24) is 0 Å². The molecule has 0 aromatic heterocycles. The van der Waals surface area contributed by atoms with Gasteiger partial charge in [-0.2, -0.15) is 12.0 Å². The minimum absolute atomic E-state index is 0. The molecule has 5 heteroatoms. The summed E-state index contributed by atoms with van der Waals surface area (Å²) >= 11 is 0. The second-order valence-corrected chi connectivity index (χ2v) is 15.0. The summed E-state index contributed by atoms with van der Waals surface area (Å²) in [5.41, 5.74) is 8.73. The third-order valence-corrected chi connectivity index (χ3v) is 13.1. The van der Waals surface area contributed by atoms with Crippen molar-refractivity contribution in [2.75, 3.05) is 0 Å². The number of fused-ring (bicyclic) bond motifs is 1. The Morgan fingerprint density at radius 3 is 1.26 bits per heavy atom. The van der Waals surface area contributed by atoms with Crippen LogP contribution in [0.15, 0.2) is 78.9 Å². The van der Waals surface area contributed by atoms with Crippen molar-refractivity contribution >= 4 is 23.6 Å². The molecule has 0 N–H and O–H groups in total. The second kappa shape index (κ2) is 14.0. The van der Waals surface area contributed by atoms with Crippen molar-refractivity contribution in [3.8, 4) is 0 Å². The zero-order chi connectivity index (χ0) is 24.0. The first-order valence-corrected chi connectivity index (χ1v) is 14.8. The summed E-state index contributed by atoms with van der Waals surface area (Å²) < 4.78 is 0. The van der Waals surface area contributed by atoms with Crippen molar-refractivity contribution in [2.45, 2.75) is 53.5 Å². The first kappa shape index (κ1) is 35.0. The average molecular weight is 616 g/mol. The molecule has 0 spiro atoms. The molecule has 0 bridgehead atoms. The molecule has 0 saturated heterocycles. The van der Waals surface area contributed by atoms with E-state index < -0.39 is 8.07 Å². The Balaban J connectivity index is 0.00000180. The van der Waals surface area contributed by atoms with E-state index in [1.165, 1.54) is 39.8 Å². The fraction of sp³-hybridized carbons (Fsp3) is 0.303. The summed E-state index contributed by atoms with van der Waals surface area (Å²) in [5.74, 6) is 1.17. The molecule has 0 aliphatic heterocycles. The van der Waals surface area contributed by atoms with Gasteiger partial charge in [-0.25, -0.2) is 0 Å². The maximum atomic E-state index is 2.70. The van der Waals surface area contributed by atoms with E-state index in [1.807, 2.05) is 0 Å². The summed E-state index contributed by atoms with van der Waals surface area (Å²) in [6.45, 7) is 13.6. The van der Waals surface area contributed by atoms with E-state index in [4.69, 9.17) is 0 Å². The number of rotatable bonds is 4. The molecule has 5 rings (SSSR count). The number of hydrogen-bond acceptors (Lipinski definition) is 0. The molecule has 0 amide bonds. The molecule has 3 atom stereocenters. The zero-order valence-corrected chi connectivity index (χ0v) is 28.0. The quantitative estimate of drug-likeness (QED) is 0.171. The van der Waals surface area contributed by atoms with Crippen molar-refractivity contribution in [2.24, 2.45) is 11.8 Å². The molecule has 3 aromatic rings. The smallest absolute Gasteiger partial charge is 1.00 e. The van der Waals surface area contributed by atoms with Crippen LogP contribution < -0.4 is 52.8 Å². The van der Waals surface area contributed by atoms with E-state index in [0.29, 0.717) is 17.4 Å². The van der Waals surface area contributed by atoms with Gasteiger partial charge < -0.3 is 43.6 Å². The number of hydrogen-bond donors (Lipinski definition) is 0. The molecule has 198 valence electrons. The van der Waals surface area contributed by atoms with Crippen LogP contribution in [0, 0.1) is 59.8 Å². The number of allylic oxidation sites excluding steroid dienone is 4. The van der Waals surface area contributed by atoms with Gasteiger partial charge in [0.2, 0.25) is 0 Å². The van der Waals surface area contributed by atoms with Gasteiger partial charge in [-0.1, -0.05) is 128 Å². The van der Waals surface area contributed by atoms with Crippen molar-refractivity contribution in [3.63, 3.8) is 0 Å². The molecule has 2 aliphatic carbocycles. The van der Waals surface area contributed by atoms with Gasteiger partial charge in [-0.15, -0.1) is 0 Å². The molecular formula is C33H37Cl3SiTi. The number of benzene rings is 3. The van der Waals surface area contributed by atoms with Gasteiger partial charge in [0.05, 0.1) is 0 Å². The van der Waals surface area contributed by atoms with E-state index in [9.17, 15) is 0 Å². The topological polar surface area (TPSA) is 0 Å². The molecule has 38 heavy (non-hydrogen) atoms. The van der Waals surface area contributed by atoms with Gasteiger partial charge in [0, 0.05) is 0 Å². The first-order valence-electron chi connectivity index (χ1n) is 12.7. The Bertz CT molecular complexity index is 1130. The Labute approximate surface area is 264 Å². The maximum absolute atomic E-state index is 2.70. The van der Waals surface area contributed by atoms with E-state index in [1.54, 1.807) is 15.6 Å². The fourth-order valence-corrected chi connectivity index (χ4v) is 13.2. The van der Waals surface area contributed by atoms with Crippen LogP contribution >= 0.6 is 0 Å². The third-order valence-electron chi connectivity index (χ3n) is 7.91. The Hall–Kier alpha value is -1.06. The zero-order valence-electron chi connectivity index (χ0n) is 23.2. The summed E-state index contributed by atoms with van der Waals surface area (Å²) in [5, 5.41) is 4.68. The summed E-state index contributed by atoms with van der Waals surface area (Å²) in [6, 6.07) is 22.1. The van der Waals surface area contributed by atoms with Crippen molar-refractivity contribution in [1.29, 1.82) is 0 Å². The third kappa shape index (κ3) is 6.46. The largest absolute Gasteiger partial charge is 4.00 e. The van der Waals surface area contributed by atoms with Crippen LogP contribution in [0.1, 0.15) is 39.8 Å². The van der Waals surface area contributed by atoms with E-state index in [-0.39, 0.29) is 58.9 Å². The minimum atomic E-state index is -2.43. The second-order valence-electron chi connectivity index (χ2n) is 10.9. The molecule has 1 fully saturated rings. The Morgan fingerprint density at radius 1 is 0.553 bits per heavy atom. The molecule has 3 unspecified atom stereocenters. The van der Waals surface area contributed by atoms with Crippen LogP contribution in [-0.4, -0.2) is 8.07 Å². The van der Waals surface area contributed by atoms with Crippen LogP contribution in [0.25, 0.3) is 0 Å². The van der Waals surface area contributed by atoms with Crippen molar-refractivity contribution < 1.29 is 58.9 Å². The van der Waals surface area contributed by atoms with Crippen LogP contribution in [0.2, 0.25) is 5.54 Å². The van der Waals surface area contributed by atoms with Gasteiger partial charge in [-0.05, 0) is 53.4 Å². The van der Waals surface area contributed by atoms with Gasteiger partial charge in [0.15, 0.2) is 0 Å². The predicted octanol–water partition coefficient (Wildman–Crippen LogP) is -2.65.